The molecule has 19 heavy (non-hydrogen) atoms. The van der Waals surface area contributed by atoms with Crippen LogP contribution in [0.15, 0.2) is 21.9 Å². The van der Waals surface area contributed by atoms with Crippen molar-refractivity contribution >= 4 is 34.9 Å². The Morgan fingerprint density at radius 1 is 1.26 bits per heavy atom. The number of nitrogens with one attached hydrogen (secondary N) is 3. The van der Waals surface area contributed by atoms with E-state index < -0.39 is 17.2 Å². The molecule has 0 aliphatic heterocycles. The average molecular weight is 302 g/mol. The van der Waals surface area contributed by atoms with E-state index in [1.807, 2.05) is 4.98 Å². The van der Waals surface area contributed by atoms with Gasteiger partial charge in [-0.3, -0.25) is 14.6 Å². The minimum Gasteiger partial charge on any atom is -0.313 e. The molecule has 0 aliphatic carbocycles. The zero-order chi connectivity index (χ0) is 14.0. The number of aromatic nitrogens is 4. The summed E-state index contributed by atoms with van der Waals surface area (Å²) in [4.78, 5) is 45.4. The van der Waals surface area contributed by atoms with E-state index in [4.69, 9.17) is 23.2 Å². The molecule has 0 aliphatic rings. The molecule has 0 saturated heterocycles. The molecule has 10 heteroatoms. The summed E-state index contributed by atoms with van der Waals surface area (Å²) in [5, 5.41) is 2.18. The quantitative estimate of drug-likeness (QED) is 0.548. The van der Waals surface area contributed by atoms with Gasteiger partial charge in [-0.05, 0) is 11.6 Å². The van der Waals surface area contributed by atoms with E-state index in [1.54, 1.807) is 0 Å². The minimum atomic E-state index is -0.826. The van der Waals surface area contributed by atoms with Crippen LogP contribution in [0.5, 0.6) is 0 Å². The number of nitrogens with zero attached hydrogens (tertiary/aromatic N) is 2. The molecular weight excluding hydrogens is 297 g/mol. The third-order valence-electron chi connectivity index (χ3n) is 1.97. The Morgan fingerprint density at radius 3 is 2.63 bits per heavy atom. The van der Waals surface area contributed by atoms with Gasteiger partial charge in [0, 0.05) is 12.3 Å². The summed E-state index contributed by atoms with van der Waals surface area (Å²) in [6.07, 6.45) is 0.987. The van der Waals surface area contributed by atoms with Gasteiger partial charge >= 0.3 is 5.69 Å². The maximum Gasteiger partial charge on any atom is 0.325 e. The summed E-state index contributed by atoms with van der Waals surface area (Å²) >= 11 is 11.2. The van der Waals surface area contributed by atoms with Gasteiger partial charge in [-0.2, -0.15) is 0 Å². The zero-order valence-corrected chi connectivity index (χ0v) is 10.5. The van der Waals surface area contributed by atoms with E-state index in [0.717, 1.165) is 6.20 Å². The summed E-state index contributed by atoms with van der Waals surface area (Å²) in [7, 11) is 0. The summed E-state index contributed by atoms with van der Waals surface area (Å²) in [5.74, 6) is -0.746. The second kappa shape index (κ2) is 5.21. The highest BCUT2D eigenvalue weighted by Crippen LogP contribution is 2.14. The Morgan fingerprint density at radius 2 is 2.00 bits per heavy atom. The molecule has 8 nitrogen and oxygen atoms in total. The van der Waals surface area contributed by atoms with Crippen LogP contribution in [0.3, 0.4) is 0 Å². The van der Waals surface area contributed by atoms with Crippen molar-refractivity contribution in [3.8, 4) is 0 Å². The Hall–Kier alpha value is -2.19. The van der Waals surface area contributed by atoms with Gasteiger partial charge in [-0.1, -0.05) is 11.6 Å². The predicted molar refractivity (Wildman–Crippen MR) is 67.7 cm³/mol. The summed E-state index contributed by atoms with van der Waals surface area (Å²) in [6, 6.07) is 1.26. The highest BCUT2D eigenvalue weighted by molar-refractivity contribution is 6.32. The number of halogens is 2. The van der Waals surface area contributed by atoms with Crippen LogP contribution in [0.1, 0.15) is 10.4 Å². The van der Waals surface area contributed by atoms with Gasteiger partial charge < -0.3 is 10.3 Å². The maximum absolute atomic E-state index is 11.8. The number of aromatic amines is 2. The van der Waals surface area contributed by atoms with E-state index in [1.165, 1.54) is 6.07 Å². The summed E-state index contributed by atoms with van der Waals surface area (Å²) < 4.78 is 0. The van der Waals surface area contributed by atoms with Crippen LogP contribution in [0.25, 0.3) is 0 Å². The Labute approximate surface area is 114 Å². The number of hydrogen-bond donors (Lipinski definition) is 3. The summed E-state index contributed by atoms with van der Waals surface area (Å²) in [5.41, 5.74) is -1.83. The van der Waals surface area contributed by atoms with Gasteiger partial charge in [-0.15, -0.1) is 0 Å². The van der Waals surface area contributed by atoms with Crippen molar-refractivity contribution in [2.45, 2.75) is 0 Å². The van der Waals surface area contributed by atoms with Crippen molar-refractivity contribution in [3.63, 3.8) is 0 Å². The van der Waals surface area contributed by atoms with E-state index in [-0.39, 0.29) is 21.8 Å². The van der Waals surface area contributed by atoms with Crippen molar-refractivity contribution in [1.82, 2.24) is 19.9 Å². The second-order valence-electron chi connectivity index (χ2n) is 3.28. The number of amides is 1. The normalized spacial score (nSPS) is 10.2. The maximum atomic E-state index is 11.8. The zero-order valence-electron chi connectivity index (χ0n) is 9.03. The number of carbonyl (C=O) groups excluding carboxylic acids is 1. The lowest BCUT2D eigenvalue weighted by Crippen LogP contribution is -2.29. The lowest BCUT2D eigenvalue weighted by Gasteiger charge is -2.03. The molecule has 0 fully saturated rings. The molecule has 3 N–H and O–H groups in total. The van der Waals surface area contributed by atoms with Gasteiger partial charge in [0.1, 0.15) is 16.5 Å². The fourth-order valence-electron chi connectivity index (χ4n) is 1.22. The topological polar surface area (TPSA) is 121 Å². The van der Waals surface area contributed by atoms with Gasteiger partial charge in [0.15, 0.2) is 0 Å². The molecule has 2 heterocycles. The van der Waals surface area contributed by atoms with Crippen molar-refractivity contribution in [3.05, 3.63) is 49.1 Å². The van der Waals surface area contributed by atoms with Gasteiger partial charge in [0.25, 0.3) is 11.5 Å². The van der Waals surface area contributed by atoms with Crippen LogP contribution in [-0.2, 0) is 0 Å². The highest BCUT2D eigenvalue weighted by Gasteiger charge is 2.12. The number of rotatable bonds is 2. The van der Waals surface area contributed by atoms with Crippen molar-refractivity contribution < 1.29 is 4.79 Å². The first-order chi connectivity index (χ1) is 8.95. The van der Waals surface area contributed by atoms with E-state index in [9.17, 15) is 14.4 Å². The van der Waals surface area contributed by atoms with E-state index in [0.29, 0.717) is 0 Å². The third kappa shape index (κ3) is 3.18. The predicted octanol–water partition coefficient (Wildman–Crippen LogP) is 0.412. The molecule has 1 amide bonds. The van der Waals surface area contributed by atoms with Crippen LogP contribution in [-0.4, -0.2) is 25.8 Å². The SMILES string of the molecule is O=C(Nc1cc(Cl)nc(Cl)n1)c1c[nH]c(=O)[nH]c1=O. The molecule has 98 valence electrons. The first-order valence-electron chi connectivity index (χ1n) is 4.79. The lowest BCUT2D eigenvalue weighted by molar-refractivity contribution is 0.102. The molecule has 0 bridgehead atoms. The summed E-state index contributed by atoms with van der Waals surface area (Å²) in [6.45, 7) is 0. The van der Waals surface area contributed by atoms with Gasteiger partial charge in [0.2, 0.25) is 5.28 Å². The Kier molecular flexibility index (Phi) is 3.63. The van der Waals surface area contributed by atoms with E-state index in [2.05, 4.69) is 20.3 Å². The van der Waals surface area contributed by atoms with Crippen LogP contribution in [0.2, 0.25) is 10.4 Å². The third-order valence-corrected chi connectivity index (χ3v) is 2.34. The van der Waals surface area contributed by atoms with Crippen LogP contribution < -0.4 is 16.6 Å². The smallest absolute Gasteiger partial charge is 0.313 e. The van der Waals surface area contributed by atoms with Crippen LogP contribution >= 0.6 is 23.2 Å². The largest absolute Gasteiger partial charge is 0.325 e. The minimum absolute atomic E-state index is 0.0283. The number of hydrogen-bond acceptors (Lipinski definition) is 5. The van der Waals surface area contributed by atoms with Crippen molar-refractivity contribution in [2.24, 2.45) is 0 Å². The first kappa shape index (κ1) is 13.2. The Balaban J connectivity index is 2.30. The molecule has 0 radical (unpaired) electrons. The first-order valence-corrected chi connectivity index (χ1v) is 5.55. The molecule has 0 saturated carbocycles. The standard InChI is InChI=1S/C9H5Cl2N5O3/c10-4-1-5(15-8(11)13-4)14-6(17)3-2-12-9(19)16-7(3)18/h1-2H,(H2,12,16,18,19)(H,13,14,15,17). The highest BCUT2D eigenvalue weighted by atomic mass is 35.5. The Bertz CT molecular complexity index is 734. The number of anilines is 1. The lowest BCUT2D eigenvalue weighted by atomic mass is 10.3. The van der Waals surface area contributed by atoms with Crippen molar-refractivity contribution in [2.75, 3.05) is 5.32 Å². The monoisotopic (exact) mass is 301 g/mol. The molecule has 0 unspecified atom stereocenters. The molecule has 0 spiro atoms. The molecule has 0 atom stereocenters. The fourth-order valence-corrected chi connectivity index (χ4v) is 1.62. The number of H-pyrrole nitrogens is 2. The molecule has 0 aromatic carbocycles. The fraction of sp³-hybridized carbons (Fsp3) is 0. The van der Waals surface area contributed by atoms with Crippen molar-refractivity contribution in [1.29, 1.82) is 0 Å². The molecular formula is C9H5Cl2N5O3. The van der Waals surface area contributed by atoms with Gasteiger partial charge in [0.05, 0.1) is 0 Å². The number of carbonyl (C=O) groups is 1. The molecule has 2 aromatic heterocycles. The second-order valence-corrected chi connectivity index (χ2v) is 4.01. The van der Waals surface area contributed by atoms with Gasteiger partial charge in [-0.25, -0.2) is 14.8 Å². The van der Waals surface area contributed by atoms with Crippen LogP contribution in [0.4, 0.5) is 5.82 Å². The molecule has 2 rings (SSSR count). The molecule has 2 aromatic rings. The average Bonchev–Trinajstić information content (AvgIpc) is 2.26. The van der Waals surface area contributed by atoms with E-state index >= 15 is 0 Å². The van der Waals surface area contributed by atoms with Crippen LogP contribution in [0, 0.1) is 0 Å².